The standard InChI is InChI=1S/C62H41NO/c1-3-13-42(14-4-1)44-25-27-45(28-26-44)47-31-36-53(37-32-47)63(52-34-29-46(30-35-52)43-15-5-2-6-16-43)60-24-12-23-57-56-38-33-51(55-22-11-20-48-17-9-10-21-54(48)55)40-58(56)59-39-49-18-7-8-19-50(49)41-61(59)64-62(57)60/h1-41H. The van der Waals surface area contributed by atoms with Crippen molar-refractivity contribution in [1.82, 2.24) is 0 Å². The van der Waals surface area contributed by atoms with Gasteiger partial charge in [-0.15, -0.1) is 0 Å². The first-order chi connectivity index (χ1) is 31.7. The van der Waals surface area contributed by atoms with Gasteiger partial charge in [-0.05, 0) is 126 Å². The number of benzene rings is 11. The molecule has 0 spiro atoms. The van der Waals surface area contributed by atoms with Crippen LogP contribution in [0.2, 0.25) is 0 Å². The molecule has 2 nitrogen and oxygen atoms in total. The van der Waals surface area contributed by atoms with E-state index < -0.39 is 0 Å². The fourth-order valence-electron chi connectivity index (χ4n) is 9.44. The summed E-state index contributed by atoms with van der Waals surface area (Å²) in [6.07, 6.45) is 0. The molecule has 0 amide bonds. The highest BCUT2D eigenvalue weighted by Gasteiger charge is 2.27. The molecule has 0 saturated heterocycles. The Kier molecular flexibility index (Phi) is 9.20. The minimum Gasteiger partial charge on any atom is -0.454 e. The van der Waals surface area contributed by atoms with E-state index in [0.29, 0.717) is 0 Å². The second-order valence-corrected chi connectivity index (χ2v) is 16.5. The number of rotatable bonds is 7. The highest BCUT2D eigenvalue weighted by atomic mass is 16.5. The van der Waals surface area contributed by atoms with Crippen LogP contribution in [-0.2, 0) is 0 Å². The summed E-state index contributed by atoms with van der Waals surface area (Å²) in [5, 5.41) is 4.77. The van der Waals surface area contributed by atoms with E-state index >= 15 is 0 Å². The second kappa shape index (κ2) is 15.8. The van der Waals surface area contributed by atoms with Crippen molar-refractivity contribution in [2.45, 2.75) is 0 Å². The summed E-state index contributed by atoms with van der Waals surface area (Å²) >= 11 is 0. The van der Waals surface area contributed by atoms with Crippen LogP contribution in [0.1, 0.15) is 0 Å². The maximum Gasteiger partial charge on any atom is 0.159 e. The smallest absolute Gasteiger partial charge is 0.159 e. The van der Waals surface area contributed by atoms with Crippen LogP contribution in [0.25, 0.3) is 88.3 Å². The van der Waals surface area contributed by atoms with E-state index in [4.69, 9.17) is 4.74 Å². The highest BCUT2D eigenvalue weighted by molar-refractivity contribution is 6.03. The predicted octanol–water partition coefficient (Wildman–Crippen LogP) is 17.6. The van der Waals surface area contributed by atoms with Crippen LogP contribution in [0.3, 0.4) is 0 Å². The summed E-state index contributed by atoms with van der Waals surface area (Å²) in [7, 11) is 0. The number of hydrogen-bond acceptors (Lipinski definition) is 2. The van der Waals surface area contributed by atoms with Crippen LogP contribution in [-0.4, -0.2) is 0 Å². The van der Waals surface area contributed by atoms with Crippen LogP contribution >= 0.6 is 0 Å². The molecule has 300 valence electrons. The van der Waals surface area contributed by atoms with Crippen molar-refractivity contribution in [3.05, 3.63) is 249 Å². The van der Waals surface area contributed by atoms with Crippen molar-refractivity contribution in [1.29, 1.82) is 0 Å². The van der Waals surface area contributed by atoms with Crippen molar-refractivity contribution >= 4 is 38.6 Å². The monoisotopic (exact) mass is 815 g/mol. The zero-order valence-corrected chi connectivity index (χ0v) is 35.0. The first-order valence-corrected chi connectivity index (χ1v) is 21.9. The van der Waals surface area contributed by atoms with Gasteiger partial charge in [0.15, 0.2) is 5.75 Å². The molecule has 0 aromatic heterocycles. The minimum absolute atomic E-state index is 0.809. The summed E-state index contributed by atoms with van der Waals surface area (Å²) < 4.78 is 7.36. The van der Waals surface area contributed by atoms with Crippen molar-refractivity contribution < 1.29 is 4.74 Å². The Morgan fingerprint density at radius 3 is 1.36 bits per heavy atom. The highest BCUT2D eigenvalue weighted by Crippen LogP contribution is 2.54. The van der Waals surface area contributed by atoms with Gasteiger partial charge in [-0.25, -0.2) is 0 Å². The topological polar surface area (TPSA) is 12.5 Å². The average Bonchev–Trinajstić information content (AvgIpc) is 3.50. The number of para-hydroxylation sites is 1. The van der Waals surface area contributed by atoms with Gasteiger partial charge in [0.25, 0.3) is 0 Å². The van der Waals surface area contributed by atoms with Gasteiger partial charge in [0.05, 0.1) is 5.69 Å². The molecule has 0 saturated carbocycles. The number of anilines is 3. The van der Waals surface area contributed by atoms with E-state index in [1.54, 1.807) is 0 Å². The van der Waals surface area contributed by atoms with Crippen molar-refractivity contribution in [2.24, 2.45) is 0 Å². The van der Waals surface area contributed by atoms with Crippen LogP contribution < -0.4 is 9.64 Å². The van der Waals surface area contributed by atoms with Gasteiger partial charge in [0.1, 0.15) is 5.75 Å². The Morgan fingerprint density at radius 2 is 0.734 bits per heavy atom. The van der Waals surface area contributed by atoms with E-state index in [1.807, 2.05) is 0 Å². The molecule has 0 radical (unpaired) electrons. The van der Waals surface area contributed by atoms with E-state index in [0.717, 1.165) is 61.8 Å². The molecule has 0 atom stereocenters. The summed E-state index contributed by atoms with van der Waals surface area (Å²) in [5.41, 5.74) is 16.9. The first-order valence-electron chi connectivity index (χ1n) is 21.9. The third-order valence-electron chi connectivity index (χ3n) is 12.7. The zero-order chi connectivity index (χ0) is 42.4. The van der Waals surface area contributed by atoms with Crippen LogP contribution in [0.4, 0.5) is 17.1 Å². The molecule has 0 unspecified atom stereocenters. The zero-order valence-electron chi connectivity index (χ0n) is 35.0. The van der Waals surface area contributed by atoms with Crippen molar-refractivity contribution in [3.63, 3.8) is 0 Å². The SMILES string of the molecule is c1ccc(-c2ccc(-c3ccc(N(c4ccc(-c5ccccc5)cc4)c4cccc5c4Oc4cc6ccccc6cc4-c4cc(-c6cccc7ccccc67)ccc4-5)cc3)cc2)cc1. The fraction of sp³-hybridized carbons (Fsp3) is 0. The van der Waals surface area contributed by atoms with E-state index in [9.17, 15) is 0 Å². The fourth-order valence-corrected chi connectivity index (χ4v) is 9.44. The first kappa shape index (κ1) is 37.3. The lowest BCUT2D eigenvalue weighted by molar-refractivity contribution is 0.489. The Balaban J connectivity index is 1.02. The molecule has 0 fully saturated rings. The molecule has 0 N–H and O–H groups in total. The lowest BCUT2D eigenvalue weighted by atomic mass is 9.89. The number of ether oxygens (including phenoxy) is 1. The van der Waals surface area contributed by atoms with E-state index in [1.165, 1.54) is 55.1 Å². The molecular formula is C62H41NO. The molecule has 1 aliphatic heterocycles. The normalized spacial score (nSPS) is 11.6. The molecule has 2 heteroatoms. The number of fused-ring (bicyclic) bond motifs is 7. The van der Waals surface area contributed by atoms with Gasteiger partial charge in [-0.2, -0.15) is 0 Å². The Morgan fingerprint density at radius 1 is 0.266 bits per heavy atom. The summed E-state index contributed by atoms with van der Waals surface area (Å²) in [4.78, 5) is 2.34. The summed E-state index contributed by atoms with van der Waals surface area (Å²) in [6, 6.07) is 89.5. The van der Waals surface area contributed by atoms with Gasteiger partial charge >= 0.3 is 0 Å². The Hall–Kier alpha value is -8.46. The summed E-state index contributed by atoms with van der Waals surface area (Å²) in [5.74, 6) is 1.64. The molecule has 11 aromatic carbocycles. The van der Waals surface area contributed by atoms with Crippen LogP contribution in [0, 0.1) is 0 Å². The minimum atomic E-state index is 0.809. The van der Waals surface area contributed by atoms with E-state index in [-0.39, 0.29) is 0 Å². The van der Waals surface area contributed by atoms with Crippen LogP contribution in [0.5, 0.6) is 11.5 Å². The molecule has 1 aliphatic rings. The maximum atomic E-state index is 7.36. The molecule has 64 heavy (non-hydrogen) atoms. The average molecular weight is 816 g/mol. The quantitative estimate of drug-likeness (QED) is 0.159. The Bertz CT molecular complexity index is 3480. The van der Waals surface area contributed by atoms with Crippen LogP contribution in [0.15, 0.2) is 249 Å². The largest absolute Gasteiger partial charge is 0.454 e. The lowest BCUT2D eigenvalue weighted by Gasteiger charge is -2.28. The van der Waals surface area contributed by atoms with Gasteiger partial charge in [0, 0.05) is 22.5 Å². The number of hydrogen-bond donors (Lipinski definition) is 0. The van der Waals surface area contributed by atoms with Gasteiger partial charge < -0.3 is 9.64 Å². The molecule has 11 aromatic rings. The molecule has 0 bridgehead atoms. The third-order valence-corrected chi connectivity index (χ3v) is 12.7. The van der Waals surface area contributed by atoms with Crippen molar-refractivity contribution in [2.75, 3.05) is 4.90 Å². The predicted molar refractivity (Wildman–Crippen MR) is 269 cm³/mol. The molecule has 1 heterocycles. The lowest BCUT2D eigenvalue weighted by Crippen LogP contribution is -2.11. The van der Waals surface area contributed by atoms with E-state index in [2.05, 4.69) is 254 Å². The molecular weight excluding hydrogens is 775 g/mol. The number of nitrogens with zero attached hydrogens (tertiary/aromatic N) is 1. The maximum absolute atomic E-state index is 7.36. The second-order valence-electron chi connectivity index (χ2n) is 16.5. The summed E-state index contributed by atoms with van der Waals surface area (Å²) in [6.45, 7) is 0. The van der Waals surface area contributed by atoms with Gasteiger partial charge in [-0.1, -0.05) is 200 Å². The molecule has 12 rings (SSSR count). The van der Waals surface area contributed by atoms with Gasteiger partial charge in [0.2, 0.25) is 0 Å². The molecule has 0 aliphatic carbocycles. The van der Waals surface area contributed by atoms with Crippen molar-refractivity contribution in [3.8, 4) is 78.3 Å². The Labute approximate surface area is 373 Å². The van der Waals surface area contributed by atoms with Gasteiger partial charge in [-0.3, -0.25) is 0 Å². The third kappa shape index (κ3) is 6.70.